The first kappa shape index (κ1) is 15.2. The van der Waals surface area contributed by atoms with Gasteiger partial charge in [0.25, 0.3) is 0 Å². The van der Waals surface area contributed by atoms with Crippen LogP contribution in [0.3, 0.4) is 0 Å². The van der Waals surface area contributed by atoms with E-state index in [1.165, 1.54) is 31.4 Å². The molecule has 0 unspecified atom stereocenters. The second-order valence-electron chi connectivity index (χ2n) is 4.22. The highest BCUT2D eigenvalue weighted by atomic mass is 15.1. The summed E-state index contributed by atoms with van der Waals surface area (Å²) in [6.07, 6.45) is 3.86. The van der Waals surface area contributed by atoms with Gasteiger partial charge in [0, 0.05) is 6.54 Å². The molecule has 0 amide bonds. The van der Waals surface area contributed by atoms with Crippen LogP contribution in [-0.2, 0) is 6.54 Å². The van der Waals surface area contributed by atoms with E-state index in [0.29, 0.717) is 0 Å². The van der Waals surface area contributed by atoms with Crippen LogP contribution < -0.4 is 0 Å². The van der Waals surface area contributed by atoms with E-state index in [-0.39, 0.29) is 0 Å². The molecule has 1 aromatic carbocycles. The second kappa shape index (κ2) is 10.7. The van der Waals surface area contributed by atoms with Crippen molar-refractivity contribution in [2.45, 2.75) is 46.6 Å². The molecule has 0 spiro atoms. The largest absolute Gasteiger partial charge is 0.302 e. The van der Waals surface area contributed by atoms with Crippen molar-refractivity contribution in [2.24, 2.45) is 0 Å². The van der Waals surface area contributed by atoms with Gasteiger partial charge in [0.15, 0.2) is 0 Å². The lowest BCUT2D eigenvalue weighted by molar-refractivity contribution is 0.327. The SMILES string of the molecule is CCCC.CCCN(C)Cc1ccccc1. The van der Waals surface area contributed by atoms with Gasteiger partial charge in [-0.3, -0.25) is 0 Å². The predicted octanol–water partition coefficient (Wildman–Crippen LogP) is 4.33. The van der Waals surface area contributed by atoms with Gasteiger partial charge < -0.3 is 4.90 Å². The number of benzene rings is 1. The molecule has 1 rings (SSSR count). The second-order valence-corrected chi connectivity index (χ2v) is 4.22. The normalized spacial score (nSPS) is 9.81. The van der Waals surface area contributed by atoms with Crippen molar-refractivity contribution >= 4 is 0 Å². The summed E-state index contributed by atoms with van der Waals surface area (Å²) >= 11 is 0. The average Bonchev–Trinajstić information content (AvgIpc) is 2.31. The van der Waals surface area contributed by atoms with Crippen LogP contribution in [0.25, 0.3) is 0 Å². The first-order valence-corrected chi connectivity index (χ1v) is 6.47. The number of hydrogen-bond donors (Lipinski definition) is 0. The van der Waals surface area contributed by atoms with Gasteiger partial charge in [-0.25, -0.2) is 0 Å². The summed E-state index contributed by atoms with van der Waals surface area (Å²) in [4.78, 5) is 2.34. The molecule has 0 fully saturated rings. The molecule has 0 heterocycles. The maximum atomic E-state index is 2.34. The zero-order valence-electron chi connectivity index (χ0n) is 11.4. The molecule has 16 heavy (non-hydrogen) atoms. The zero-order chi connectivity index (χ0) is 12.2. The Morgan fingerprint density at radius 3 is 1.88 bits per heavy atom. The summed E-state index contributed by atoms with van der Waals surface area (Å²) in [5, 5.41) is 0. The maximum absolute atomic E-state index is 2.34. The Morgan fingerprint density at radius 1 is 0.875 bits per heavy atom. The van der Waals surface area contributed by atoms with Gasteiger partial charge in [0.1, 0.15) is 0 Å². The Labute approximate surface area is 101 Å². The predicted molar refractivity (Wildman–Crippen MR) is 73.6 cm³/mol. The van der Waals surface area contributed by atoms with Gasteiger partial charge in [0.05, 0.1) is 0 Å². The van der Waals surface area contributed by atoms with Crippen LogP contribution in [0.5, 0.6) is 0 Å². The summed E-state index contributed by atoms with van der Waals surface area (Å²) in [7, 11) is 2.16. The molecule has 1 aromatic rings. The molecule has 0 aromatic heterocycles. The number of unbranched alkanes of at least 4 members (excludes halogenated alkanes) is 1. The van der Waals surface area contributed by atoms with Gasteiger partial charge in [-0.2, -0.15) is 0 Å². The Bertz CT molecular complexity index is 228. The quantitative estimate of drug-likeness (QED) is 0.715. The minimum Gasteiger partial charge on any atom is -0.302 e. The topological polar surface area (TPSA) is 3.24 Å². The Kier molecular flexibility index (Phi) is 10.1. The van der Waals surface area contributed by atoms with Crippen LogP contribution in [0.4, 0.5) is 0 Å². The summed E-state index contributed by atoms with van der Waals surface area (Å²) in [6.45, 7) is 8.81. The molecule has 0 N–H and O–H groups in total. The molecule has 0 saturated heterocycles. The van der Waals surface area contributed by atoms with Crippen molar-refractivity contribution in [1.82, 2.24) is 4.90 Å². The van der Waals surface area contributed by atoms with Crippen molar-refractivity contribution in [3.8, 4) is 0 Å². The van der Waals surface area contributed by atoms with Crippen LogP contribution in [0.1, 0.15) is 45.6 Å². The van der Waals surface area contributed by atoms with Crippen molar-refractivity contribution in [3.05, 3.63) is 35.9 Å². The van der Waals surface area contributed by atoms with E-state index in [1.54, 1.807) is 0 Å². The fourth-order valence-corrected chi connectivity index (χ4v) is 1.36. The van der Waals surface area contributed by atoms with E-state index in [0.717, 1.165) is 6.54 Å². The minimum atomic E-state index is 1.06. The maximum Gasteiger partial charge on any atom is 0.0230 e. The van der Waals surface area contributed by atoms with Crippen molar-refractivity contribution in [2.75, 3.05) is 13.6 Å². The van der Waals surface area contributed by atoms with Crippen molar-refractivity contribution in [3.63, 3.8) is 0 Å². The molecule has 92 valence electrons. The summed E-state index contributed by atoms with van der Waals surface area (Å²) in [6, 6.07) is 10.6. The standard InChI is InChI=1S/C11H17N.C4H10/c1-3-9-12(2)10-11-7-5-4-6-8-11;1-3-4-2/h4-8H,3,9-10H2,1-2H3;3-4H2,1-2H3. The molecule has 0 atom stereocenters. The molecule has 0 aliphatic rings. The third-order valence-electron chi connectivity index (χ3n) is 2.40. The molecule has 1 nitrogen and oxygen atoms in total. The molecule has 0 aliphatic carbocycles. The lowest BCUT2D eigenvalue weighted by Gasteiger charge is -2.14. The van der Waals surface area contributed by atoms with Crippen LogP contribution in [0.2, 0.25) is 0 Å². The first-order valence-electron chi connectivity index (χ1n) is 6.47. The monoisotopic (exact) mass is 221 g/mol. The Balaban J connectivity index is 0.000000487. The third-order valence-corrected chi connectivity index (χ3v) is 2.40. The van der Waals surface area contributed by atoms with E-state index < -0.39 is 0 Å². The Morgan fingerprint density at radius 2 is 1.44 bits per heavy atom. The average molecular weight is 221 g/mol. The van der Waals surface area contributed by atoms with E-state index in [2.05, 4.69) is 63.1 Å². The fourth-order valence-electron chi connectivity index (χ4n) is 1.36. The minimum absolute atomic E-state index is 1.06. The van der Waals surface area contributed by atoms with Crippen LogP contribution in [0.15, 0.2) is 30.3 Å². The smallest absolute Gasteiger partial charge is 0.0230 e. The number of rotatable bonds is 5. The molecular weight excluding hydrogens is 194 g/mol. The van der Waals surface area contributed by atoms with E-state index in [9.17, 15) is 0 Å². The molecule has 1 heteroatoms. The molecule has 0 aliphatic heterocycles. The van der Waals surface area contributed by atoms with E-state index >= 15 is 0 Å². The van der Waals surface area contributed by atoms with Gasteiger partial charge in [-0.1, -0.05) is 63.9 Å². The third kappa shape index (κ3) is 8.49. The van der Waals surface area contributed by atoms with Crippen molar-refractivity contribution in [1.29, 1.82) is 0 Å². The van der Waals surface area contributed by atoms with Crippen molar-refractivity contribution < 1.29 is 0 Å². The van der Waals surface area contributed by atoms with E-state index in [4.69, 9.17) is 0 Å². The van der Waals surface area contributed by atoms with Gasteiger partial charge in [-0.15, -0.1) is 0 Å². The van der Waals surface area contributed by atoms with Crippen LogP contribution in [-0.4, -0.2) is 18.5 Å². The van der Waals surface area contributed by atoms with Gasteiger partial charge in [0.2, 0.25) is 0 Å². The summed E-state index contributed by atoms with van der Waals surface area (Å²) in [5.41, 5.74) is 1.40. The van der Waals surface area contributed by atoms with Gasteiger partial charge >= 0.3 is 0 Å². The lowest BCUT2D eigenvalue weighted by atomic mass is 10.2. The van der Waals surface area contributed by atoms with Crippen LogP contribution in [0, 0.1) is 0 Å². The highest BCUT2D eigenvalue weighted by Gasteiger charge is 1.96. The number of nitrogens with zero attached hydrogens (tertiary/aromatic N) is 1. The molecule has 0 bridgehead atoms. The molecule has 0 radical (unpaired) electrons. The Hall–Kier alpha value is -0.820. The highest BCUT2D eigenvalue weighted by Crippen LogP contribution is 2.02. The fraction of sp³-hybridized carbons (Fsp3) is 0.600. The highest BCUT2D eigenvalue weighted by molar-refractivity contribution is 5.14. The van der Waals surface area contributed by atoms with Crippen LogP contribution >= 0.6 is 0 Å². The van der Waals surface area contributed by atoms with E-state index in [1.807, 2.05) is 0 Å². The van der Waals surface area contributed by atoms with Gasteiger partial charge in [-0.05, 0) is 25.6 Å². The zero-order valence-corrected chi connectivity index (χ0v) is 11.4. The molecular formula is C15H27N. The molecule has 0 saturated carbocycles. The number of hydrogen-bond acceptors (Lipinski definition) is 1. The summed E-state index contributed by atoms with van der Waals surface area (Å²) < 4.78 is 0. The first-order chi connectivity index (χ1) is 7.74. The summed E-state index contributed by atoms with van der Waals surface area (Å²) in [5.74, 6) is 0. The lowest BCUT2D eigenvalue weighted by Crippen LogP contribution is -2.18.